The first-order valence-electron chi connectivity index (χ1n) is 14.3. The van der Waals surface area contributed by atoms with Gasteiger partial charge in [-0.1, -0.05) is 27.7 Å². The first-order chi connectivity index (χ1) is 16.9. The van der Waals surface area contributed by atoms with Gasteiger partial charge in [0, 0.05) is 24.6 Å². The monoisotopic (exact) mass is 498 g/mol. The number of likely N-dealkylation sites (N-methyl/N-ethyl adjacent to an activating group) is 1. The average molecular weight is 499 g/mol. The van der Waals surface area contributed by atoms with Crippen molar-refractivity contribution in [3.05, 3.63) is 34.4 Å². The van der Waals surface area contributed by atoms with Crippen LogP contribution in [-0.4, -0.2) is 40.6 Å². The van der Waals surface area contributed by atoms with Crippen molar-refractivity contribution in [3.8, 4) is 0 Å². The molecule has 1 aromatic rings. The molecule has 4 aliphatic rings. The van der Waals surface area contributed by atoms with Gasteiger partial charge in [0.1, 0.15) is 0 Å². The Hall–Kier alpha value is -1.66. The predicted octanol–water partition coefficient (Wildman–Crippen LogP) is 4.69. The first-order valence-corrected chi connectivity index (χ1v) is 14.3. The fourth-order valence-electron chi connectivity index (χ4n) is 9.36. The van der Waals surface area contributed by atoms with Crippen LogP contribution in [0.1, 0.15) is 97.0 Å². The van der Waals surface area contributed by atoms with Gasteiger partial charge in [-0.05, 0) is 104 Å². The van der Waals surface area contributed by atoms with Gasteiger partial charge in [-0.25, -0.2) is 4.79 Å². The van der Waals surface area contributed by atoms with E-state index in [1.807, 2.05) is 31.9 Å². The number of amides is 1. The lowest BCUT2D eigenvalue weighted by atomic mass is 9.43. The summed E-state index contributed by atoms with van der Waals surface area (Å²) in [6.07, 6.45) is 10.9. The molecule has 0 spiro atoms. The van der Waals surface area contributed by atoms with Crippen molar-refractivity contribution in [2.24, 2.45) is 40.2 Å². The van der Waals surface area contributed by atoms with Crippen molar-refractivity contribution >= 4 is 5.91 Å². The second-order valence-corrected chi connectivity index (χ2v) is 13.5. The molecule has 4 saturated carbocycles. The van der Waals surface area contributed by atoms with Crippen LogP contribution in [0.25, 0.3) is 0 Å². The molecule has 1 heterocycles. The highest BCUT2D eigenvalue weighted by atomic mass is 16.4. The number of nitrogens with zero attached hydrogens (tertiary/aromatic N) is 1. The van der Waals surface area contributed by atoms with E-state index in [1.165, 1.54) is 6.07 Å². The summed E-state index contributed by atoms with van der Waals surface area (Å²) in [5, 5.41) is 12.4. The van der Waals surface area contributed by atoms with E-state index in [9.17, 15) is 14.7 Å². The van der Waals surface area contributed by atoms with Crippen LogP contribution in [0.15, 0.2) is 27.6 Å². The Morgan fingerprint density at radius 2 is 1.83 bits per heavy atom. The SMILES string of the molecule is CC(C)[C@@H](N)C(=O)N(C)C1CC[C@]2(C)C3CC[C@]4(C)[C@@H](c5ccc(=O)oc5)CC[C@]4(O)[C@@H]3CC[C@@H]2C1. The van der Waals surface area contributed by atoms with Crippen LogP contribution >= 0.6 is 0 Å². The highest BCUT2D eigenvalue weighted by Gasteiger charge is 2.67. The van der Waals surface area contributed by atoms with Gasteiger partial charge in [-0.2, -0.15) is 0 Å². The van der Waals surface area contributed by atoms with Crippen LogP contribution in [0, 0.1) is 34.5 Å². The maximum atomic E-state index is 13.0. The van der Waals surface area contributed by atoms with E-state index in [0.29, 0.717) is 17.8 Å². The van der Waals surface area contributed by atoms with Crippen LogP contribution in [0.3, 0.4) is 0 Å². The van der Waals surface area contributed by atoms with Crippen molar-refractivity contribution < 1.29 is 14.3 Å². The van der Waals surface area contributed by atoms with Gasteiger partial charge < -0.3 is 20.2 Å². The Morgan fingerprint density at radius 3 is 2.50 bits per heavy atom. The van der Waals surface area contributed by atoms with E-state index in [2.05, 4.69) is 13.8 Å². The third-order valence-corrected chi connectivity index (χ3v) is 11.8. The van der Waals surface area contributed by atoms with Gasteiger partial charge in [0.15, 0.2) is 0 Å². The van der Waals surface area contributed by atoms with Gasteiger partial charge in [-0.3, -0.25) is 4.79 Å². The fraction of sp³-hybridized carbons (Fsp3) is 0.800. The largest absolute Gasteiger partial charge is 0.431 e. The van der Waals surface area contributed by atoms with E-state index in [-0.39, 0.29) is 40.2 Å². The van der Waals surface area contributed by atoms with Crippen molar-refractivity contribution in [2.75, 3.05) is 7.05 Å². The van der Waals surface area contributed by atoms with Crippen LogP contribution in [0.5, 0.6) is 0 Å². The minimum absolute atomic E-state index is 0.0729. The highest BCUT2D eigenvalue weighted by Crippen LogP contribution is 2.70. The molecule has 6 nitrogen and oxygen atoms in total. The summed E-state index contributed by atoms with van der Waals surface area (Å²) in [4.78, 5) is 26.5. The zero-order chi connectivity index (χ0) is 26.0. The van der Waals surface area contributed by atoms with E-state index >= 15 is 0 Å². The predicted molar refractivity (Wildman–Crippen MR) is 140 cm³/mol. The molecule has 36 heavy (non-hydrogen) atoms. The number of nitrogens with two attached hydrogens (primary N) is 1. The Morgan fingerprint density at radius 1 is 1.08 bits per heavy atom. The molecular weight excluding hydrogens is 452 g/mol. The lowest BCUT2D eigenvalue weighted by molar-refractivity contribution is -0.203. The first kappa shape index (κ1) is 26.0. The number of hydrogen-bond acceptors (Lipinski definition) is 5. The third kappa shape index (κ3) is 3.73. The molecule has 3 N–H and O–H groups in total. The summed E-state index contributed by atoms with van der Waals surface area (Å²) >= 11 is 0. The number of hydrogen-bond donors (Lipinski definition) is 2. The molecule has 4 aliphatic carbocycles. The summed E-state index contributed by atoms with van der Waals surface area (Å²) in [6.45, 7) is 8.79. The van der Waals surface area contributed by atoms with Crippen LogP contribution in [-0.2, 0) is 4.79 Å². The molecule has 1 aromatic heterocycles. The normalized spacial score (nSPS) is 42.8. The summed E-state index contributed by atoms with van der Waals surface area (Å²) in [7, 11) is 1.95. The van der Waals surface area contributed by atoms with Crippen molar-refractivity contribution in [2.45, 2.75) is 109 Å². The molecule has 9 atom stereocenters. The van der Waals surface area contributed by atoms with Gasteiger partial charge >= 0.3 is 5.63 Å². The fourth-order valence-corrected chi connectivity index (χ4v) is 9.36. The van der Waals surface area contributed by atoms with E-state index in [0.717, 1.165) is 63.4 Å². The average Bonchev–Trinajstić information content (AvgIpc) is 3.13. The van der Waals surface area contributed by atoms with E-state index < -0.39 is 11.6 Å². The third-order valence-electron chi connectivity index (χ3n) is 11.8. The number of aliphatic hydroxyl groups is 1. The minimum atomic E-state index is -0.682. The zero-order valence-electron chi connectivity index (χ0n) is 22.8. The standard InChI is InChI=1S/C30H46N2O4/c1-18(2)26(31)27(34)32(5)21-10-13-28(3)20(16-21)7-8-24-23(28)11-14-29(4)22(12-15-30(24,29)35)19-6-9-25(33)36-17-19/h6,9,17-18,20-24,26,35H,7-8,10-16,31H2,1-5H3/t20-,21?,22-,23?,24-,26-,28+,29-,30+/m1/s1. The number of carbonyl (C=O) groups is 1. The quantitative estimate of drug-likeness (QED) is 0.628. The summed E-state index contributed by atoms with van der Waals surface area (Å²) in [5.74, 6) is 1.84. The highest BCUT2D eigenvalue weighted by molar-refractivity contribution is 5.82. The van der Waals surface area contributed by atoms with Gasteiger partial charge in [-0.15, -0.1) is 0 Å². The molecule has 0 aromatic carbocycles. The molecule has 6 heteroatoms. The van der Waals surface area contributed by atoms with Gasteiger partial charge in [0.25, 0.3) is 0 Å². The summed E-state index contributed by atoms with van der Waals surface area (Å²) in [5.41, 5.74) is 6.27. The second-order valence-electron chi connectivity index (χ2n) is 13.5. The Bertz CT molecular complexity index is 1030. The number of carbonyl (C=O) groups excluding carboxylic acids is 1. The molecule has 0 radical (unpaired) electrons. The van der Waals surface area contributed by atoms with Crippen molar-refractivity contribution in [1.29, 1.82) is 0 Å². The maximum absolute atomic E-state index is 13.0. The number of rotatable bonds is 4. The Kier molecular flexibility index (Phi) is 6.47. The molecule has 5 rings (SSSR count). The topological polar surface area (TPSA) is 96.8 Å². The molecule has 0 saturated heterocycles. The van der Waals surface area contributed by atoms with Gasteiger partial charge in [0.2, 0.25) is 5.91 Å². The molecule has 4 fully saturated rings. The maximum Gasteiger partial charge on any atom is 0.335 e. The Balaban J connectivity index is 1.35. The lowest BCUT2D eigenvalue weighted by Gasteiger charge is -2.64. The molecule has 1 amide bonds. The lowest BCUT2D eigenvalue weighted by Crippen LogP contribution is -2.62. The molecule has 0 aliphatic heterocycles. The minimum Gasteiger partial charge on any atom is -0.431 e. The van der Waals surface area contributed by atoms with Gasteiger partial charge in [0.05, 0.1) is 17.9 Å². The van der Waals surface area contributed by atoms with Crippen molar-refractivity contribution in [3.63, 3.8) is 0 Å². The van der Waals surface area contributed by atoms with E-state index in [1.54, 1.807) is 6.26 Å². The molecule has 0 bridgehead atoms. The number of fused-ring (bicyclic) bond motifs is 5. The molecule has 2 unspecified atom stereocenters. The van der Waals surface area contributed by atoms with Crippen LogP contribution < -0.4 is 11.4 Å². The molecule has 200 valence electrons. The van der Waals surface area contributed by atoms with E-state index in [4.69, 9.17) is 10.2 Å². The smallest absolute Gasteiger partial charge is 0.335 e. The molecular formula is C30H46N2O4. The second kappa shape index (κ2) is 8.97. The summed E-state index contributed by atoms with van der Waals surface area (Å²) in [6, 6.07) is 3.25. The Labute approximate surface area is 216 Å². The summed E-state index contributed by atoms with van der Waals surface area (Å²) < 4.78 is 5.22. The van der Waals surface area contributed by atoms with Crippen LogP contribution in [0.2, 0.25) is 0 Å². The van der Waals surface area contributed by atoms with Crippen LogP contribution in [0.4, 0.5) is 0 Å². The zero-order valence-corrected chi connectivity index (χ0v) is 22.8. The van der Waals surface area contributed by atoms with Crippen molar-refractivity contribution in [1.82, 2.24) is 4.90 Å².